The standard InChI is InChI=1S/C21H33N3O/c1-17-7-6-10-20(18(17)2)22-21(25)16-24-13-11-23(12-14-24)15-19-8-4-3-5-9-19/h6-7,10,19H,3-5,8-9,11-16H2,1-2H3,(H,22,25). The number of hydrogen-bond acceptors (Lipinski definition) is 3. The molecule has 0 radical (unpaired) electrons. The largest absolute Gasteiger partial charge is 0.325 e. The van der Waals surface area contributed by atoms with Gasteiger partial charge in [0.2, 0.25) is 5.91 Å². The summed E-state index contributed by atoms with van der Waals surface area (Å²) in [6.45, 7) is 10.1. The number of aryl methyl sites for hydroxylation is 1. The van der Waals surface area contributed by atoms with Crippen LogP contribution < -0.4 is 5.32 Å². The van der Waals surface area contributed by atoms with Crippen LogP contribution in [0.25, 0.3) is 0 Å². The minimum absolute atomic E-state index is 0.106. The van der Waals surface area contributed by atoms with Gasteiger partial charge in [-0.25, -0.2) is 0 Å². The molecule has 1 N–H and O–H groups in total. The maximum atomic E-state index is 12.4. The van der Waals surface area contributed by atoms with E-state index in [1.807, 2.05) is 12.1 Å². The van der Waals surface area contributed by atoms with Gasteiger partial charge in [0.1, 0.15) is 0 Å². The Hall–Kier alpha value is -1.39. The second kappa shape index (κ2) is 8.81. The number of rotatable bonds is 5. The maximum Gasteiger partial charge on any atom is 0.238 e. The molecule has 1 aromatic rings. The quantitative estimate of drug-likeness (QED) is 0.889. The Labute approximate surface area is 152 Å². The first-order valence-corrected chi connectivity index (χ1v) is 9.92. The molecule has 0 atom stereocenters. The fourth-order valence-electron chi connectivity index (χ4n) is 4.14. The minimum Gasteiger partial charge on any atom is -0.325 e. The van der Waals surface area contributed by atoms with Gasteiger partial charge in [0, 0.05) is 38.4 Å². The second-order valence-corrected chi connectivity index (χ2v) is 7.88. The number of nitrogens with one attached hydrogen (secondary N) is 1. The molecule has 0 spiro atoms. The molecule has 3 rings (SSSR count). The van der Waals surface area contributed by atoms with Gasteiger partial charge in [-0.15, -0.1) is 0 Å². The number of amides is 1. The summed E-state index contributed by atoms with van der Waals surface area (Å²) in [5.41, 5.74) is 3.32. The van der Waals surface area contributed by atoms with Gasteiger partial charge < -0.3 is 10.2 Å². The molecule has 0 bridgehead atoms. The van der Waals surface area contributed by atoms with Crippen molar-refractivity contribution in [3.05, 3.63) is 29.3 Å². The Bertz CT molecular complexity index is 573. The van der Waals surface area contributed by atoms with Crippen LogP contribution in [0.4, 0.5) is 5.69 Å². The van der Waals surface area contributed by atoms with E-state index in [1.165, 1.54) is 44.2 Å². The highest BCUT2D eigenvalue weighted by atomic mass is 16.2. The fourth-order valence-corrected chi connectivity index (χ4v) is 4.14. The van der Waals surface area contributed by atoms with E-state index < -0.39 is 0 Å². The molecule has 0 aromatic heterocycles. The van der Waals surface area contributed by atoms with Crippen molar-refractivity contribution >= 4 is 11.6 Å². The number of hydrogen-bond donors (Lipinski definition) is 1. The van der Waals surface area contributed by atoms with Gasteiger partial charge >= 0.3 is 0 Å². The molecular formula is C21H33N3O. The summed E-state index contributed by atoms with van der Waals surface area (Å²) < 4.78 is 0. The summed E-state index contributed by atoms with van der Waals surface area (Å²) in [6.07, 6.45) is 7.10. The van der Waals surface area contributed by atoms with Crippen LogP contribution in [0.15, 0.2) is 18.2 Å². The maximum absolute atomic E-state index is 12.4. The second-order valence-electron chi connectivity index (χ2n) is 7.88. The molecule has 4 heteroatoms. The molecule has 1 aromatic carbocycles. The van der Waals surface area contributed by atoms with Crippen LogP contribution in [0.5, 0.6) is 0 Å². The van der Waals surface area contributed by atoms with Gasteiger partial charge in [0.05, 0.1) is 6.54 Å². The topological polar surface area (TPSA) is 35.6 Å². The van der Waals surface area contributed by atoms with E-state index in [2.05, 4.69) is 35.0 Å². The Morgan fingerprint density at radius 3 is 2.44 bits per heavy atom. The summed E-state index contributed by atoms with van der Waals surface area (Å²) in [7, 11) is 0. The average Bonchev–Trinajstić information content (AvgIpc) is 2.62. The average molecular weight is 344 g/mol. The molecular weight excluding hydrogens is 310 g/mol. The summed E-state index contributed by atoms with van der Waals surface area (Å²) in [5, 5.41) is 3.08. The fraction of sp³-hybridized carbons (Fsp3) is 0.667. The number of benzene rings is 1. The summed E-state index contributed by atoms with van der Waals surface area (Å²) in [4.78, 5) is 17.3. The molecule has 0 unspecified atom stereocenters. The van der Waals surface area contributed by atoms with Gasteiger partial charge in [0.15, 0.2) is 0 Å². The van der Waals surface area contributed by atoms with Crippen molar-refractivity contribution in [1.29, 1.82) is 0 Å². The van der Waals surface area contributed by atoms with E-state index in [0.717, 1.165) is 43.3 Å². The Morgan fingerprint density at radius 1 is 1.04 bits per heavy atom. The van der Waals surface area contributed by atoms with Crippen LogP contribution in [0.2, 0.25) is 0 Å². The van der Waals surface area contributed by atoms with Crippen molar-refractivity contribution < 1.29 is 4.79 Å². The third-order valence-electron chi connectivity index (χ3n) is 5.95. The molecule has 2 fully saturated rings. The van der Waals surface area contributed by atoms with E-state index in [9.17, 15) is 4.79 Å². The van der Waals surface area contributed by atoms with Crippen molar-refractivity contribution in [2.24, 2.45) is 5.92 Å². The zero-order chi connectivity index (χ0) is 17.6. The number of piperazine rings is 1. The molecule has 4 nitrogen and oxygen atoms in total. The molecule has 1 saturated carbocycles. The molecule has 1 aliphatic heterocycles. The number of nitrogens with zero attached hydrogens (tertiary/aromatic N) is 2. The van der Waals surface area contributed by atoms with Gasteiger partial charge in [-0.3, -0.25) is 9.69 Å². The third-order valence-corrected chi connectivity index (χ3v) is 5.95. The lowest BCUT2D eigenvalue weighted by Gasteiger charge is -2.37. The van der Waals surface area contributed by atoms with Crippen LogP contribution >= 0.6 is 0 Å². The molecule has 138 valence electrons. The zero-order valence-corrected chi connectivity index (χ0v) is 15.9. The Balaban J connectivity index is 1.41. The monoisotopic (exact) mass is 343 g/mol. The first-order valence-electron chi connectivity index (χ1n) is 9.92. The smallest absolute Gasteiger partial charge is 0.238 e. The summed E-state index contributed by atoms with van der Waals surface area (Å²) >= 11 is 0. The van der Waals surface area contributed by atoms with Gasteiger partial charge in [-0.05, 0) is 49.8 Å². The van der Waals surface area contributed by atoms with E-state index in [4.69, 9.17) is 0 Å². The number of anilines is 1. The van der Waals surface area contributed by atoms with E-state index >= 15 is 0 Å². The lowest BCUT2D eigenvalue weighted by molar-refractivity contribution is -0.117. The summed E-state index contributed by atoms with van der Waals surface area (Å²) in [6, 6.07) is 6.07. The van der Waals surface area contributed by atoms with Crippen molar-refractivity contribution in [2.75, 3.05) is 44.6 Å². The summed E-state index contributed by atoms with van der Waals surface area (Å²) in [5.74, 6) is 1.02. The van der Waals surface area contributed by atoms with Gasteiger partial charge in [-0.2, -0.15) is 0 Å². The molecule has 2 aliphatic rings. The Morgan fingerprint density at radius 2 is 1.72 bits per heavy atom. The highest BCUT2D eigenvalue weighted by Crippen LogP contribution is 2.24. The van der Waals surface area contributed by atoms with Crippen molar-refractivity contribution in [1.82, 2.24) is 9.80 Å². The normalized spacial score (nSPS) is 20.6. The van der Waals surface area contributed by atoms with Crippen molar-refractivity contribution in [3.8, 4) is 0 Å². The lowest BCUT2D eigenvalue weighted by atomic mass is 9.89. The number of carbonyl (C=O) groups excluding carboxylic acids is 1. The van der Waals surface area contributed by atoms with Gasteiger partial charge in [-0.1, -0.05) is 31.4 Å². The van der Waals surface area contributed by atoms with Crippen LogP contribution in [0, 0.1) is 19.8 Å². The molecule has 1 amide bonds. The van der Waals surface area contributed by atoms with Crippen LogP contribution in [-0.4, -0.2) is 55.0 Å². The van der Waals surface area contributed by atoms with Crippen molar-refractivity contribution in [2.45, 2.75) is 46.0 Å². The van der Waals surface area contributed by atoms with E-state index in [-0.39, 0.29) is 5.91 Å². The first-order chi connectivity index (χ1) is 12.1. The van der Waals surface area contributed by atoms with Crippen LogP contribution in [0.1, 0.15) is 43.2 Å². The van der Waals surface area contributed by atoms with Crippen molar-refractivity contribution in [3.63, 3.8) is 0 Å². The van der Waals surface area contributed by atoms with E-state index in [0.29, 0.717) is 6.54 Å². The molecule has 1 heterocycles. The predicted octanol–water partition coefficient (Wildman–Crippen LogP) is 3.44. The zero-order valence-electron chi connectivity index (χ0n) is 15.9. The number of carbonyl (C=O) groups is 1. The van der Waals surface area contributed by atoms with Crippen LogP contribution in [-0.2, 0) is 4.79 Å². The highest BCUT2D eigenvalue weighted by molar-refractivity contribution is 5.93. The third kappa shape index (κ3) is 5.29. The SMILES string of the molecule is Cc1cccc(NC(=O)CN2CCN(CC3CCCCC3)CC2)c1C. The molecule has 1 aliphatic carbocycles. The van der Waals surface area contributed by atoms with Gasteiger partial charge in [0.25, 0.3) is 0 Å². The Kier molecular flexibility index (Phi) is 6.49. The molecule has 1 saturated heterocycles. The predicted molar refractivity (Wildman–Crippen MR) is 104 cm³/mol. The first kappa shape index (κ1) is 18.4. The lowest BCUT2D eigenvalue weighted by Crippen LogP contribution is -2.49. The highest BCUT2D eigenvalue weighted by Gasteiger charge is 2.22. The van der Waals surface area contributed by atoms with E-state index in [1.54, 1.807) is 0 Å². The minimum atomic E-state index is 0.106. The van der Waals surface area contributed by atoms with Crippen LogP contribution in [0.3, 0.4) is 0 Å². The molecule has 25 heavy (non-hydrogen) atoms.